The second kappa shape index (κ2) is 4.85. The molecule has 0 amide bonds. The van der Waals surface area contributed by atoms with Crippen LogP contribution in [0.5, 0.6) is 11.5 Å². The second-order valence-corrected chi connectivity index (χ2v) is 6.19. The largest absolute Gasteiger partial charge is 0.493 e. The summed E-state index contributed by atoms with van der Waals surface area (Å²) in [6.45, 7) is 0. The van der Waals surface area contributed by atoms with Crippen molar-refractivity contribution in [1.82, 2.24) is 15.0 Å². The van der Waals surface area contributed by atoms with Gasteiger partial charge < -0.3 is 14.5 Å². The standard InChI is InChI=1S/C18H11N3O6/c1-26-7-3-5-6(4-8(7)27-2)19-14-9(5)10-11(16(23)20-15(10)22)12-13(14)18(25)21-17(12)24/h3-4,19H,1-2H3,(H,20,22,23)(H,21,24,25). The topological polar surface area (TPSA) is 134 Å². The number of fused-ring (bicyclic) bond motifs is 8. The Bertz CT molecular complexity index is 1630. The highest BCUT2D eigenvalue weighted by molar-refractivity contribution is 6.31. The average Bonchev–Trinajstić information content (AvgIpc) is 3.25. The van der Waals surface area contributed by atoms with Crippen molar-refractivity contribution in [2.45, 2.75) is 0 Å². The van der Waals surface area contributed by atoms with Crippen molar-refractivity contribution < 1.29 is 9.47 Å². The van der Waals surface area contributed by atoms with Crippen LogP contribution >= 0.6 is 0 Å². The van der Waals surface area contributed by atoms with Crippen LogP contribution in [-0.2, 0) is 0 Å². The van der Waals surface area contributed by atoms with E-state index in [1.807, 2.05) is 0 Å². The number of nitrogens with one attached hydrogen (secondary N) is 3. The molecule has 3 heterocycles. The van der Waals surface area contributed by atoms with Crippen LogP contribution in [-0.4, -0.2) is 29.2 Å². The van der Waals surface area contributed by atoms with Crippen LogP contribution in [0.1, 0.15) is 0 Å². The van der Waals surface area contributed by atoms with Gasteiger partial charge in [-0.2, -0.15) is 0 Å². The van der Waals surface area contributed by atoms with Gasteiger partial charge in [-0.1, -0.05) is 0 Å². The minimum Gasteiger partial charge on any atom is -0.493 e. The molecule has 0 bridgehead atoms. The number of aromatic nitrogens is 3. The molecule has 0 saturated heterocycles. The lowest BCUT2D eigenvalue weighted by Crippen LogP contribution is -2.08. The van der Waals surface area contributed by atoms with Gasteiger partial charge in [0.15, 0.2) is 11.5 Å². The minimum atomic E-state index is -0.702. The zero-order valence-electron chi connectivity index (χ0n) is 14.1. The highest BCUT2D eigenvalue weighted by Gasteiger charge is 2.24. The maximum Gasteiger partial charge on any atom is 0.261 e. The SMILES string of the molecule is COc1cc2[nH]c3c4c(=O)[nH]c(=O)c4c4c(=O)[nH]c(=O)c4c3c2cc1OC. The van der Waals surface area contributed by atoms with Crippen molar-refractivity contribution in [2.75, 3.05) is 14.2 Å². The van der Waals surface area contributed by atoms with Gasteiger partial charge in [-0.25, -0.2) is 0 Å². The molecule has 0 radical (unpaired) electrons. The Hall–Kier alpha value is -3.88. The molecule has 0 fully saturated rings. The summed E-state index contributed by atoms with van der Waals surface area (Å²) in [5.74, 6) is 0.872. The van der Waals surface area contributed by atoms with Crippen LogP contribution in [0.25, 0.3) is 43.4 Å². The second-order valence-electron chi connectivity index (χ2n) is 6.19. The Morgan fingerprint density at radius 3 is 1.70 bits per heavy atom. The van der Waals surface area contributed by atoms with Gasteiger partial charge >= 0.3 is 0 Å². The molecule has 9 nitrogen and oxygen atoms in total. The molecule has 0 saturated carbocycles. The third-order valence-electron chi connectivity index (χ3n) is 4.92. The Balaban J connectivity index is 2.24. The number of rotatable bonds is 2. The molecule has 3 aromatic heterocycles. The number of hydrogen-bond acceptors (Lipinski definition) is 6. The molecule has 134 valence electrons. The Kier molecular flexibility index (Phi) is 2.76. The van der Waals surface area contributed by atoms with Crippen LogP contribution < -0.4 is 31.7 Å². The lowest BCUT2D eigenvalue weighted by molar-refractivity contribution is 0.356. The van der Waals surface area contributed by atoms with Crippen molar-refractivity contribution >= 4 is 43.4 Å². The normalized spacial score (nSPS) is 11.9. The minimum absolute atomic E-state index is 0.0488. The first kappa shape index (κ1) is 15.4. The fourth-order valence-electron chi connectivity index (χ4n) is 3.83. The molecule has 0 aliphatic rings. The van der Waals surface area contributed by atoms with E-state index in [-0.39, 0.29) is 21.5 Å². The molecule has 0 aliphatic heterocycles. The van der Waals surface area contributed by atoms with Crippen LogP contribution in [0.4, 0.5) is 0 Å². The molecular weight excluding hydrogens is 354 g/mol. The molecule has 0 spiro atoms. The van der Waals surface area contributed by atoms with E-state index in [0.29, 0.717) is 33.3 Å². The molecule has 27 heavy (non-hydrogen) atoms. The van der Waals surface area contributed by atoms with Gasteiger partial charge in [0.2, 0.25) is 0 Å². The van der Waals surface area contributed by atoms with E-state index in [0.717, 1.165) is 0 Å². The van der Waals surface area contributed by atoms with Crippen molar-refractivity contribution in [1.29, 1.82) is 0 Å². The Labute approximate surface area is 147 Å². The number of H-pyrrole nitrogens is 3. The predicted octanol–water partition coefficient (Wildman–Crippen LogP) is 0.617. The van der Waals surface area contributed by atoms with Gasteiger partial charge in [-0.05, 0) is 6.07 Å². The summed E-state index contributed by atoms with van der Waals surface area (Å²) in [6, 6.07) is 3.32. The van der Waals surface area contributed by atoms with Crippen LogP contribution in [0, 0.1) is 0 Å². The maximum absolute atomic E-state index is 12.5. The molecule has 0 atom stereocenters. The van der Waals surface area contributed by atoms with E-state index in [4.69, 9.17) is 9.47 Å². The summed E-state index contributed by atoms with van der Waals surface area (Å²) in [6.07, 6.45) is 0. The van der Waals surface area contributed by atoms with Crippen molar-refractivity contribution in [2.24, 2.45) is 0 Å². The summed E-state index contributed by atoms with van der Waals surface area (Å²) >= 11 is 0. The lowest BCUT2D eigenvalue weighted by atomic mass is 10.0. The first-order chi connectivity index (χ1) is 13.0. The third-order valence-corrected chi connectivity index (χ3v) is 4.92. The van der Waals surface area contributed by atoms with Crippen LogP contribution in [0.2, 0.25) is 0 Å². The van der Waals surface area contributed by atoms with E-state index in [1.54, 1.807) is 12.1 Å². The predicted molar refractivity (Wildman–Crippen MR) is 100 cm³/mol. The van der Waals surface area contributed by atoms with Gasteiger partial charge in [-0.15, -0.1) is 0 Å². The summed E-state index contributed by atoms with van der Waals surface area (Å²) in [7, 11) is 2.96. The zero-order chi connectivity index (χ0) is 19.0. The Morgan fingerprint density at radius 1 is 0.630 bits per heavy atom. The van der Waals surface area contributed by atoms with Crippen LogP contribution in [0.3, 0.4) is 0 Å². The molecule has 2 aromatic carbocycles. The first-order valence-corrected chi connectivity index (χ1v) is 7.95. The van der Waals surface area contributed by atoms with Gasteiger partial charge in [0.25, 0.3) is 22.2 Å². The fraction of sp³-hybridized carbons (Fsp3) is 0.111. The third kappa shape index (κ3) is 1.72. The Morgan fingerprint density at radius 2 is 1.11 bits per heavy atom. The highest BCUT2D eigenvalue weighted by Crippen LogP contribution is 2.39. The number of ether oxygens (including phenoxy) is 2. The molecular formula is C18H11N3O6. The van der Waals surface area contributed by atoms with Crippen molar-refractivity contribution in [3.8, 4) is 11.5 Å². The van der Waals surface area contributed by atoms with Crippen LogP contribution in [0.15, 0.2) is 31.3 Å². The van der Waals surface area contributed by atoms with Gasteiger partial charge in [0.1, 0.15) is 0 Å². The summed E-state index contributed by atoms with van der Waals surface area (Å²) in [4.78, 5) is 56.9. The van der Waals surface area contributed by atoms with E-state index in [2.05, 4.69) is 15.0 Å². The fourth-order valence-corrected chi connectivity index (χ4v) is 3.83. The average molecular weight is 365 g/mol. The van der Waals surface area contributed by atoms with Gasteiger partial charge in [-0.3, -0.25) is 29.1 Å². The summed E-state index contributed by atoms with van der Waals surface area (Å²) in [5, 5.41) is 0.897. The molecule has 0 unspecified atom stereocenters. The van der Waals surface area contributed by atoms with E-state index >= 15 is 0 Å². The molecule has 5 rings (SSSR count). The molecule has 3 N–H and O–H groups in total. The number of hydrogen-bond donors (Lipinski definition) is 3. The molecule has 0 aliphatic carbocycles. The summed E-state index contributed by atoms with van der Waals surface area (Å²) < 4.78 is 10.6. The maximum atomic E-state index is 12.5. The first-order valence-electron chi connectivity index (χ1n) is 7.95. The molecule has 9 heteroatoms. The lowest BCUT2D eigenvalue weighted by Gasteiger charge is -2.07. The van der Waals surface area contributed by atoms with Crippen molar-refractivity contribution in [3.05, 3.63) is 53.5 Å². The zero-order valence-corrected chi connectivity index (χ0v) is 14.1. The number of methoxy groups -OCH3 is 2. The number of aromatic amines is 3. The van der Waals surface area contributed by atoms with Gasteiger partial charge in [0, 0.05) is 16.8 Å². The summed E-state index contributed by atoms with van der Waals surface area (Å²) in [5.41, 5.74) is -1.77. The highest BCUT2D eigenvalue weighted by atomic mass is 16.5. The smallest absolute Gasteiger partial charge is 0.261 e. The monoisotopic (exact) mass is 365 g/mol. The van der Waals surface area contributed by atoms with E-state index in [1.165, 1.54) is 14.2 Å². The van der Waals surface area contributed by atoms with Gasteiger partial charge in [0.05, 0.1) is 46.8 Å². The van der Waals surface area contributed by atoms with E-state index in [9.17, 15) is 19.2 Å². The number of benzene rings is 2. The van der Waals surface area contributed by atoms with E-state index < -0.39 is 22.2 Å². The quantitative estimate of drug-likeness (QED) is 0.420. The van der Waals surface area contributed by atoms with Crippen molar-refractivity contribution in [3.63, 3.8) is 0 Å². The molecule has 5 aromatic rings.